The fourth-order valence-electron chi connectivity index (χ4n) is 1.58. The minimum atomic E-state index is -4.29. The summed E-state index contributed by atoms with van der Waals surface area (Å²) < 4.78 is 41.0. The summed E-state index contributed by atoms with van der Waals surface area (Å²) in [7, 11) is 0. The van der Waals surface area contributed by atoms with Crippen LogP contribution in [0.3, 0.4) is 0 Å². The third kappa shape index (κ3) is 3.43. The predicted octanol–water partition coefficient (Wildman–Crippen LogP) is 3.38. The highest BCUT2D eigenvalue weighted by Gasteiger charge is 2.27. The van der Waals surface area contributed by atoms with E-state index in [4.69, 9.17) is 4.74 Å². The molecule has 1 aromatic heterocycles. The Bertz CT molecular complexity index is 596. The van der Waals surface area contributed by atoms with Crippen LogP contribution in [0.1, 0.15) is 16.8 Å². The number of aldehydes is 1. The summed E-state index contributed by atoms with van der Waals surface area (Å²) in [5.41, 5.74) is 0.705. The highest BCUT2D eigenvalue weighted by molar-refractivity contribution is 5.88. The fraction of sp³-hybridized carbons (Fsp3) is 0.231. The number of pyridine rings is 1. The molecule has 0 atom stereocenters. The van der Waals surface area contributed by atoms with Gasteiger partial charge in [-0.25, -0.2) is 4.98 Å². The summed E-state index contributed by atoms with van der Waals surface area (Å²) in [5.74, 6) is -0.0713. The number of aromatic nitrogens is 1. The van der Waals surface area contributed by atoms with E-state index in [2.05, 4.69) is 4.98 Å². The summed E-state index contributed by atoms with van der Waals surface area (Å²) >= 11 is 0. The summed E-state index contributed by atoms with van der Waals surface area (Å²) in [4.78, 5) is 14.9. The molecule has 2 aromatic rings. The van der Waals surface area contributed by atoms with Crippen LogP contribution < -0.4 is 4.74 Å². The Labute approximate surface area is 107 Å². The molecule has 0 saturated heterocycles. The number of hydrogen-bond acceptors (Lipinski definition) is 3. The summed E-state index contributed by atoms with van der Waals surface area (Å²) in [6.45, 7) is -0.560. The molecule has 0 radical (unpaired) electrons. The van der Waals surface area contributed by atoms with Gasteiger partial charge in [0.1, 0.15) is 0 Å². The number of hydrogen-bond donors (Lipinski definition) is 0. The van der Waals surface area contributed by atoms with Gasteiger partial charge in [-0.05, 0) is 12.1 Å². The fourth-order valence-corrected chi connectivity index (χ4v) is 1.58. The van der Waals surface area contributed by atoms with E-state index in [0.29, 0.717) is 11.8 Å². The Kier molecular flexibility index (Phi) is 3.69. The van der Waals surface area contributed by atoms with Crippen molar-refractivity contribution in [3.05, 3.63) is 35.9 Å². The largest absolute Gasteiger partial charge is 0.477 e. The van der Waals surface area contributed by atoms with Crippen molar-refractivity contribution in [2.45, 2.75) is 12.6 Å². The van der Waals surface area contributed by atoms with Crippen LogP contribution in [0.25, 0.3) is 10.9 Å². The molecule has 1 heterocycles. The lowest BCUT2D eigenvalue weighted by Gasteiger charge is -2.10. The average Bonchev–Trinajstić information content (AvgIpc) is 2.36. The van der Waals surface area contributed by atoms with E-state index < -0.39 is 19.2 Å². The molecule has 0 saturated carbocycles. The van der Waals surface area contributed by atoms with Crippen molar-refractivity contribution < 1.29 is 22.7 Å². The average molecular weight is 269 g/mol. The number of nitrogens with zero attached hydrogens (tertiary/aromatic N) is 1. The van der Waals surface area contributed by atoms with Crippen molar-refractivity contribution in [1.29, 1.82) is 0 Å². The van der Waals surface area contributed by atoms with Gasteiger partial charge in [-0.2, -0.15) is 13.2 Å². The molecule has 0 bridgehead atoms. The number of alkyl halides is 3. The van der Waals surface area contributed by atoms with E-state index in [1.807, 2.05) is 0 Å². The number of carbonyl (C=O) groups is 1. The third-order valence-corrected chi connectivity index (χ3v) is 2.47. The maximum absolute atomic E-state index is 12.0. The smallest absolute Gasteiger partial charge is 0.392 e. The van der Waals surface area contributed by atoms with Crippen LogP contribution in [-0.2, 0) is 0 Å². The normalized spacial score (nSPS) is 11.5. The number of halogens is 3. The van der Waals surface area contributed by atoms with Gasteiger partial charge in [0.05, 0.1) is 24.1 Å². The number of benzene rings is 1. The minimum Gasteiger partial charge on any atom is -0.477 e. The molecule has 0 N–H and O–H groups in total. The molecule has 0 unspecified atom stereocenters. The van der Waals surface area contributed by atoms with E-state index in [1.54, 1.807) is 24.3 Å². The summed E-state index contributed by atoms with van der Waals surface area (Å²) in [6, 6.07) is 8.52. The molecule has 2 rings (SSSR count). The Balaban J connectivity index is 2.23. The number of carbonyl (C=O) groups excluding carboxylic acids is 1. The number of rotatable bonds is 4. The van der Waals surface area contributed by atoms with Crippen molar-refractivity contribution in [2.75, 3.05) is 6.61 Å². The Hall–Kier alpha value is -2.11. The van der Waals surface area contributed by atoms with Crippen LogP contribution in [0.4, 0.5) is 13.2 Å². The first-order valence-corrected chi connectivity index (χ1v) is 5.54. The van der Waals surface area contributed by atoms with Crippen LogP contribution in [0.2, 0.25) is 0 Å². The van der Waals surface area contributed by atoms with Crippen LogP contribution >= 0.6 is 0 Å². The second-order valence-corrected chi connectivity index (χ2v) is 3.91. The molecule has 0 amide bonds. The SMILES string of the molecule is O=Cc1cc2ccccc2nc1OCCC(F)(F)F. The van der Waals surface area contributed by atoms with E-state index in [9.17, 15) is 18.0 Å². The van der Waals surface area contributed by atoms with E-state index in [-0.39, 0.29) is 11.4 Å². The monoisotopic (exact) mass is 269 g/mol. The van der Waals surface area contributed by atoms with Crippen LogP contribution in [0, 0.1) is 0 Å². The summed E-state index contributed by atoms with van der Waals surface area (Å²) in [5, 5.41) is 0.729. The zero-order valence-electron chi connectivity index (χ0n) is 9.78. The van der Waals surface area contributed by atoms with Crippen molar-refractivity contribution in [3.8, 4) is 5.88 Å². The van der Waals surface area contributed by atoms with Gasteiger partial charge in [0.2, 0.25) is 5.88 Å². The molecule has 0 aliphatic heterocycles. The summed E-state index contributed by atoms with van der Waals surface area (Å²) in [6.07, 6.45) is -4.86. The molecule has 3 nitrogen and oxygen atoms in total. The van der Waals surface area contributed by atoms with Gasteiger partial charge < -0.3 is 4.74 Å². The lowest BCUT2D eigenvalue weighted by atomic mass is 10.1. The molecule has 0 aliphatic rings. The first-order valence-electron chi connectivity index (χ1n) is 5.54. The van der Waals surface area contributed by atoms with E-state index in [1.165, 1.54) is 6.07 Å². The van der Waals surface area contributed by atoms with Gasteiger partial charge in [0.15, 0.2) is 6.29 Å². The molecule has 1 aromatic carbocycles. The number of ether oxygens (including phenoxy) is 1. The maximum Gasteiger partial charge on any atom is 0.392 e. The van der Waals surface area contributed by atoms with Crippen LogP contribution in [0.5, 0.6) is 5.88 Å². The van der Waals surface area contributed by atoms with Crippen molar-refractivity contribution in [2.24, 2.45) is 0 Å². The molecular weight excluding hydrogens is 259 g/mol. The van der Waals surface area contributed by atoms with E-state index in [0.717, 1.165) is 5.39 Å². The molecule has 0 fully saturated rings. The highest BCUT2D eigenvalue weighted by atomic mass is 19.4. The minimum absolute atomic E-state index is 0.0713. The van der Waals surface area contributed by atoms with Gasteiger partial charge in [-0.3, -0.25) is 4.79 Å². The second kappa shape index (κ2) is 5.26. The first kappa shape index (κ1) is 13.3. The van der Waals surface area contributed by atoms with Gasteiger partial charge in [0, 0.05) is 5.39 Å². The van der Waals surface area contributed by atoms with Gasteiger partial charge in [-0.1, -0.05) is 18.2 Å². The first-order chi connectivity index (χ1) is 8.99. The Morgan fingerprint density at radius 3 is 2.68 bits per heavy atom. The third-order valence-electron chi connectivity index (χ3n) is 2.47. The molecule has 0 aliphatic carbocycles. The molecular formula is C13H10F3NO2. The van der Waals surface area contributed by atoms with E-state index >= 15 is 0 Å². The molecule has 100 valence electrons. The van der Waals surface area contributed by atoms with Gasteiger partial charge in [0.25, 0.3) is 0 Å². The predicted molar refractivity (Wildman–Crippen MR) is 63.3 cm³/mol. The standard InChI is InChI=1S/C13H10F3NO2/c14-13(15,16)5-6-19-12-10(8-18)7-9-3-1-2-4-11(9)17-12/h1-4,7-8H,5-6H2. The lowest BCUT2D eigenvalue weighted by molar-refractivity contribution is -0.139. The topological polar surface area (TPSA) is 39.2 Å². The van der Waals surface area contributed by atoms with Gasteiger partial charge in [-0.15, -0.1) is 0 Å². The van der Waals surface area contributed by atoms with Crippen molar-refractivity contribution in [3.63, 3.8) is 0 Å². The zero-order valence-corrected chi connectivity index (χ0v) is 9.78. The molecule has 0 spiro atoms. The highest BCUT2D eigenvalue weighted by Crippen LogP contribution is 2.23. The number of para-hydroxylation sites is 1. The van der Waals surface area contributed by atoms with Gasteiger partial charge >= 0.3 is 6.18 Å². The second-order valence-electron chi connectivity index (χ2n) is 3.91. The number of fused-ring (bicyclic) bond motifs is 1. The maximum atomic E-state index is 12.0. The Morgan fingerprint density at radius 2 is 2.00 bits per heavy atom. The molecule has 19 heavy (non-hydrogen) atoms. The lowest BCUT2D eigenvalue weighted by Crippen LogP contribution is -2.14. The van der Waals surface area contributed by atoms with Crippen LogP contribution in [0.15, 0.2) is 30.3 Å². The van der Waals surface area contributed by atoms with Crippen molar-refractivity contribution in [1.82, 2.24) is 4.98 Å². The zero-order chi connectivity index (χ0) is 13.9. The Morgan fingerprint density at radius 1 is 1.26 bits per heavy atom. The van der Waals surface area contributed by atoms with Crippen molar-refractivity contribution >= 4 is 17.2 Å². The molecule has 6 heteroatoms. The quantitative estimate of drug-likeness (QED) is 0.799. The van der Waals surface area contributed by atoms with Crippen LogP contribution in [-0.4, -0.2) is 24.1 Å².